The van der Waals surface area contributed by atoms with Crippen molar-refractivity contribution in [3.05, 3.63) is 29.8 Å². The number of ether oxygens (including phenoxy) is 1. The Morgan fingerprint density at radius 3 is 2.35 bits per heavy atom. The van der Waals surface area contributed by atoms with Crippen LogP contribution in [0, 0.1) is 16.7 Å². The molecule has 1 aromatic carbocycles. The van der Waals surface area contributed by atoms with E-state index < -0.39 is 11.6 Å². The minimum Gasteiger partial charge on any atom is -0.508 e. The van der Waals surface area contributed by atoms with Gasteiger partial charge in [0.15, 0.2) is 5.60 Å². The van der Waals surface area contributed by atoms with Gasteiger partial charge < -0.3 is 14.9 Å². The smallest absolute Gasteiger partial charge is 0.342 e. The van der Waals surface area contributed by atoms with Gasteiger partial charge in [0.05, 0.1) is 0 Å². The molecule has 2 aliphatic rings. The number of hydrogen-bond acceptors (Lipinski definition) is 4. The number of esters is 1. The van der Waals surface area contributed by atoms with Crippen molar-refractivity contribution >= 4 is 5.97 Å². The van der Waals surface area contributed by atoms with Gasteiger partial charge in [-0.05, 0) is 55.2 Å². The molecule has 1 aromatic rings. The number of fused-ring (bicyclic) bond motifs is 2. The van der Waals surface area contributed by atoms with E-state index in [0.717, 1.165) is 12.8 Å². The van der Waals surface area contributed by atoms with Crippen LogP contribution in [0.2, 0.25) is 0 Å². The number of aliphatic hydroxyl groups is 1. The normalized spacial score (nSPS) is 34.1. The summed E-state index contributed by atoms with van der Waals surface area (Å²) in [5, 5.41) is 20.0. The molecule has 0 saturated heterocycles. The molecule has 0 amide bonds. The molecule has 2 bridgehead atoms. The number of phenols is 1. The Labute approximate surface area is 137 Å². The van der Waals surface area contributed by atoms with Crippen molar-refractivity contribution in [2.45, 2.75) is 58.7 Å². The fourth-order valence-corrected chi connectivity index (χ4v) is 4.46. The average molecular weight is 318 g/mol. The summed E-state index contributed by atoms with van der Waals surface area (Å²) in [7, 11) is 0. The van der Waals surface area contributed by atoms with E-state index >= 15 is 0 Å². The number of phenolic OH excluding ortho intramolecular Hbond substituents is 1. The quantitative estimate of drug-likeness (QED) is 0.839. The lowest BCUT2D eigenvalue weighted by Crippen LogP contribution is -2.43. The summed E-state index contributed by atoms with van der Waals surface area (Å²) < 4.78 is 5.78. The highest BCUT2D eigenvalue weighted by atomic mass is 16.6. The van der Waals surface area contributed by atoms with Crippen molar-refractivity contribution in [3.63, 3.8) is 0 Å². The first-order chi connectivity index (χ1) is 10.6. The van der Waals surface area contributed by atoms with E-state index in [0.29, 0.717) is 11.5 Å². The fourth-order valence-electron chi connectivity index (χ4n) is 4.46. The Bertz CT molecular complexity index is 617. The number of hydrogen-bond donors (Lipinski definition) is 2. The van der Waals surface area contributed by atoms with Gasteiger partial charge in [0.2, 0.25) is 0 Å². The first kappa shape index (κ1) is 16.3. The summed E-state index contributed by atoms with van der Waals surface area (Å²) >= 11 is 0. The summed E-state index contributed by atoms with van der Waals surface area (Å²) in [6, 6.07) is 6.00. The van der Waals surface area contributed by atoms with Gasteiger partial charge in [0.1, 0.15) is 11.9 Å². The Balaban J connectivity index is 1.78. The summed E-state index contributed by atoms with van der Waals surface area (Å²) in [6.45, 7) is 8.17. The highest BCUT2D eigenvalue weighted by Crippen LogP contribution is 2.66. The lowest BCUT2D eigenvalue weighted by Gasteiger charge is -2.39. The zero-order chi connectivity index (χ0) is 17.0. The van der Waals surface area contributed by atoms with Crippen LogP contribution in [0.3, 0.4) is 0 Å². The molecule has 0 radical (unpaired) electrons. The molecule has 0 heterocycles. The van der Waals surface area contributed by atoms with Crippen LogP contribution in [-0.2, 0) is 15.1 Å². The third-order valence-electron chi connectivity index (χ3n) is 6.79. The van der Waals surface area contributed by atoms with Crippen LogP contribution in [-0.4, -0.2) is 22.3 Å². The monoisotopic (exact) mass is 318 g/mol. The van der Waals surface area contributed by atoms with Crippen LogP contribution < -0.4 is 0 Å². The molecule has 4 nitrogen and oxygen atoms in total. The second-order valence-corrected chi connectivity index (χ2v) is 8.12. The van der Waals surface area contributed by atoms with Crippen molar-refractivity contribution in [2.75, 3.05) is 0 Å². The van der Waals surface area contributed by atoms with Crippen LogP contribution in [0.25, 0.3) is 0 Å². The lowest BCUT2D eigenvalue weighted by atomic mass is 9.70. The van der Waals surface area contributed by atoms with Gasteiger partial charge in [-0.1, -0.05) is 32.9 Å². The zero-order valence-corrected chi connectivity index (χ0v) is 14.3. The molecule has 126 valence electrons. The number of benzene rings is 1. The molecule has 2 N–H and O–H groups in total. The van der Waals surface area contributed by atoms with Crippen molar-refractivity contribution in [1.29, 1.82) is 0 Å². The third-order valence-corrected chi connectivity index (χ3v) is 6.79. The van der Waals surface area contributed by atoms with Crippen LogP contribution in [0.4, 0.5) is 0 Å². The molecule has 23 heavy (non-hydrogen) atoms. The van der Waals surface area contributed by atoms with Crippen molar-refractivity contribution < 1.29 is 19.7 Å². The fraction of sp³-hybridized carbons (Fsp3) is 0.632. The topological polar surface area (TPSA) is 66.8 Å². The second kappa shape index (κ2) is 4.97. The van der Waals surface area contributed by atoms with Gasteiger partial charge in [-0.3, -0.25) is 0 Å². The van der Waals surface area contributed by atoms with E-state index in [2.05, 4.69) is 20.8 Å². The van der Waals surface area contributed by atoms with Gasteiger partial charge in [-0.2, -0.15) is 0 Å². The third kappa shape index (κ3) is 2.26. The van der Waals surface area contributed by atoms with Crippen molar-refractivity contribution in [2.24, 2.45) is 16.7 Å². The minimum absolute atomic E-state index is 0.0294. The van der Waals surface area contributed by atoms with Crippen molar-refractivity contribution in [1.82, 2.24) is 0 Å². The van der Waals surface area contributed by atoms with E-state index in [1.165, 1.54) is 25.5 Å². The second-order valence-electron chi connectivity index (χ2n) is 8.12. The highest BCUT2D eigenvalue weighted by Gasteiger charge is 2.63. The summed E-state index contributed by atoms with van der Waals surface area (Å²) in [6.07, 6.45) is 2.98. The SMILES string of the molecule is CC(O)(C(=O)OC1CC2CCC1(C)C2(C)C)c1ccc(O)cc1. The lowest BCUT2D eigenvalue weighted by molar-refractivity contribution is -0.178. The maximum Gasteiger partial charge on any atom is 0.342 e. The molecular formula is C19H26O4. The molecule has 2 aliphatic carbocycles. The van der Waals surface area contributed by atoms with Crippen LogP contribution >= 0.6 is 0 Å². The van der Waals surface area contributed by atoms with Gasteiger partial charge in [-0.25, -0.2) is 4.79 Å². The highest BCUT2D eigenvalue weighted by molar-refractivity contribution is 5.80. The Morgan fingerprint density at radius 1 is 1.26 bits per heavy atom. The van der Waals surface area contributed by atoms with E-state index in [1.807, 2.05) is 0 Å². The van der Waals surface area contributed by atoms with Crippen LogP contribution in [0.1, 0.15) is 52.5 Å². The molecular weight excluding hydrogens is 292 g/mol. The number of rotatable bonds is 3. The van der Waals surface area contributed by atoms with E-state index in [4.69, 9.17) is 4.74 Å². The first-order valence-corrected chi connectivity index (χ1v) is 8.32. The summed E-state index contributed by atoms with van der Waals surface area (Å²) in [4.78, 5) is 12.6. The maximum absolute atomic E-state index is 12.6. The molecule has 0 aromatic heterocycles. The van der Waals surface area contributed by atoms with Gasteiger partial charge >= 0.3 is 5.97 Å². The molecule has 4 heteroatoms. The maximum atomic E-state index is 12.6. The van der Waals surface area contributed by atoms with Crippen LogP contribution in [0.15, 0.2) is 24.3 Å². The largest absolute Gasteiger partial charge is 0.508 e. The predicted octanol–water partition coefficient (Wildman–Crippen LogP) is 3.36. The Morgan fingerprint density at radius 2 is 1.87 bits per heavy atom. The van der Waals surface area contributed by atoms with Gasteiger partial charge in [-0.15, -0.1) is 0 Å². The molecule has 0 aliphatic heterocycles. The van der Waals surface area contributed by atoms with Crippen LogP contribution in [0.5, 0.6) is 5.75 Å². The number of carbonyl (C=O) groups excluding carboxylic acids is 1. The molecule has 0 spiro atoms. The van der Waals surface area contributed by atoms with Gasteiger partial charge in [0, 0.05) is 5.41 Å². The summed E-state index contributed by atoms with van der Waals surface area (Å²) in [5.41, 5.74) is -1.16. The Hall–Kier alpha value is -1.55. The zero-order valence-electron chi connectivity index (χ0n) is 14.3. The molecule has 2 saturated carbocycles. The first-order valence-electron chi connectivity index (χ1n) is 8.32. The van der Waals surface area contributed by atoms with E-state index in [1.54, 1.807) is 12.1 Å². The Kier molecular flexibility index (Phi) is 3.53. The average Bonchev–Trinajstić information content (AvgIpc) is 2.81. The van der Waals surface area contributed by atoms with Gasteiger partial charge in [0.25, 0.3) is 0 Å². The van der Waals surface area contributed by atoms with E-state index in [-0.39, 0.29) is 22.7 Å². The number of aromatic hydroxyl groups is 1. The van der Waals surface area contributed by atoms with Crippen molar-refractivity contribution in [3.8, 4) is 5.75 Å². The standard InChI is InChI=1S/C19H26O4/c1-17(2)13-9-10-18(17,3)15(11-13)23-16(21)19(4,22)12-5-7-14(20)8-6-12/h5-8,13,15,20,22H,9-11H2,1-4H3. The predicted molar refractivity (Wildman–Crippen MR) is 86.8 cm³/mol. The number of carbonyl (C=O) groups is 1. The molecule has 4 atom stereocenters. The van der Waals surface area contributed by atoms with E-state index in [9.17, 15) is 15.0 Å². The molecule has 3 rings (SSSR count). The summed E-state index contributed by atoms with van der Waals surface area (Å²) in [5.74, 6) is 0.0574. The molecule has 4 unspecified atom stereocenters. The molecule has 2 fully saturated rings. The minimum atomic E-state index is -1.71.